The molecule has 3 fully saturated rings. The van der Waals surface area contributed by atoms with Gasteiger partial charge in [0.1, 0.15) is 5.82 Å². The van der Waals surface area contributed by atoms with Gasteiger partial charge in [0.25, 0.3) is 5.91 Å². The monoisotopic (exact) mass is 375 g/mol. The van der Waals surface area contributed by atoms with Gasteiger partial charge in [-0.25, -0.2) is 9.87 Å². The van der Waals surface area contributed by atoms with E-state index in [9.17, 15) is 14.0 Å². The molecule has 2 saturated heterocycles. The SMILES string of the molecule is CC[C@@H]1Cc2c(F)cc(C(=O)NO)cc2CN1CC12CCC(CC1)C(=O)N2. The number of benzene rings is 1. The zero-order chi connectivity index (χ0) is 19.2. The average molecular weight is 375 g/mol. The Morgan fingerprint density at radius 1 is 1.41 bits per heavy atom. The van der Waals surface area contributed by atoms with E-state index in [0.717, 1.165) is 44.2 Å². The first-order chi connectivity index (χ1) is 12.9. The van der Waals surface area contributed by atoms with Crippen LogP contribution in [0.1, 0.15) is 60.5 Å². The minimum atomic E-state index is -0.711. The molecule has 1 saturated carbocycles. The van der Waals surface area contributed by atoms with Crippen LogP contribution >= 0.6 is 0 Å². The summed E-state index contributed by atoms with van der Waals surface area (Å²) >= 11 is 0. The number of nitrogens with zero attached hydrogens (tertiary/aromatic N) is 1. The molecule has 3 aliphatic heterocycles. The van der Waals surface area contributed by atoms with E-state index < -0.39 is 11.7 Å². The van der Waals surface area contributed by atoms with Gasteiger partial charge in [-0.1, -0.05) is 6.92 Å². The average Bonchev–Trinajstić information content (AvgIpc) is 2.67. The van der Waals surface area contributed by atoms with E-state index in [2.05, 4.69) is 17.1 Å². The van der Waals surface area contributed by atoms with Crippen LogP contribution in [0.4, 0.5) is 4.39 Å². The largest absolute Gasteiger partial charge is 0.349 e. The molecule has 1 aromatic rings. The normalized spacial score (nSPS) is 30.0. The van der Waals surface area contributed by atoms with Crippen molar-refractivity contribution in [3.05, 3.63) is 34.6 Å². The number of rotatable bonds is 4. The molecule has 146 valence electrons. The maximum Gasteiger partial charge on any atom is 0.274 e. The molecule has 0 aromatic heterocycles. The first-order valence-electron chi connectivity index (χ1n) is 9.76. The number of carbonyl (C=O) groups excluding carboxylic acids is 2. The summed E-state index contributed by atoms with van der Waals surface area (Å²) in [4.78, 5) is 26.3. The molecule has 0 radical (unpaired) electrons. The second kappa shape index (κ2) is 6.87. The van der Waals surface area contributed by atoms with Crippen LogP contribution < -0.4 is 10.8 Å². The molecule has 27 heavy (non-hydrogen) atoms. The molecule has 7 heteroatoms. The highest BCUT2D eigenvalue weighted by atomic mass is 19.1. The molecule has 2 amide bonds. The van der Waals surface area contributed by atoms with E-state index in [0.29, 0.717) is 18.5 Å². The number of hydroxylamine groups is 1. The van der Waals surface area contributed by atoms with Gasteiger partial charge in [0.2, 0.25) is 5.91 Å². The van der Waals surface area contributed by atoms with E-state index in [-0.39, 0.29) is 29.0 Å². The third-order valence-electron chi connectivity index (χ3n) is 6.66. The van der Waals surface area contributed by atoms with Gasteiger partial charge in [-0.3, -0.25) is 19.7 Å². The van der Waals surface area contributed by atoms with E-state index in [1.165, 1.54) is 6.07 Å². The van der Waals surface area contributed by atoms with Gasteiger partial charge in [0, 0.05) is 30.6 Å². The number of fused-ring (bicyclic) bond motifs is 4. The van der Waals surface area contributed by atoms with Gasteiger partial charge < -0.3 is 5.32 Å². The second-order valence-electron chi connectivity index (χ2n) is 8.25. The maximum atomic E-state index is 14.6. The summed E-state index contributed by atoms with van der Waals surface area (Å²) in [6.45, 7) is 3.39. The first-order valence-corrected chi connectivity index (χ1v) is 9.76. The highest BCUT2D eigenvalue weighted by Crippen LogP contribution is 2.39. The predicted octanol–water partition coefficient (Wildman–Crippen LogP) is 2.14. The second-order valence-corrected chi connectivity index (χ2v) is 8.25. The van der Waals surface area contributed by atoms with Crippen molar-refractivity contribution in [3.8, 4) is 0 Å². The fraction of sp³-hybridized carbons (Fsp3) is 0.600. The Kier molecular flexibility index (Phi) is 4.68. The van der Waals surface area contributed by atoms with E-state index >= 15 is 0 Å². The van der Waals surface area contributed by atoms with E-state index in [4.69, 9.17) is 5.21 Å². The lowest BCUT2D eigenvalue weighted by Crippen LogP contribution is -2.64. The number of amides is 2. The highest BCUT2D eigenvalue weighted by molar-refractivity contribution is 5.93. The maximum absolute atomic E-state index is 14.6. The standard InChI is InChI=1S/C20H26FN3O3/c1-2-15-9-16-14(7-13(8-17(16)21)19(26)23-27)10-24(15)11-20-5-3-12(4-6-20)18(25)22-20/h7-8,12,15,27H,2-6,9-11H2,1H3,(H,22,25)(H,23,26)/t12?,15-,20?/m1/s1. The minimum absolute atomic E-state index is 0.119. The molecule has 0 spiro atoms. The third kappa shape index (κ3) is 3.23. The summed E-state index contributed by atoms with van der Waals surface area (Å²) in [7, 11) is 0. The number of piperidine rings is 2. The quantitative estimate of drug-likeness (QED) is 0.556. The number of carbonyl (C=O) groups is 2. The summed E-state index contributed by atoms with van der Waals surface area (Å²) in [5.74, 6) is -0.762. The molecule has 6 nitrogen and oxygen atoms in total. The molecular weight excluding hydrogens is 349 g/mol. The van der Waals surface area contributed by atoms with Gasteiger partial charge in [-0.05, 0) is 61.8 Å². The molecule has 3 heterocycles. The van der Waals surface area contributed by atoms with Crippen LogP contribution in [0.15, 0.2) is 12.1 Å². The van der Waals surface area contributed by atoms with Crippen molar-refractivity contribution >= 4 is 11.8 Å². The van der Waals surface area contributed by atoms with E-state index in [1.54, 1.807) is 11.5 Å². The van der Waals surface area contributed by atoms with Crippen LogP contribution in [0.5, 0.6) is 0 Å². The molecule has 5 rings (SSSR count). The van der Waals surface area contributed by atoms with Gasteiger partial charge in [-0.2, -0.15) is 0 Å². The Balaban J connectivity index is 1.61. The minimum Gasteiger partial charge on any atom is -0.349 e. The summed E-state index contributed by atoms with van der Waals surface area (Å²) in [5, 5.41) is 12.1. The summed E-state index contributed by atoms with van der Waals surface area (Å²) in [5.41, 5.74) is 2.94. The summed E-state index contributed by atoms with van der Waals surface area (Å²) < 4.78 is 14.6. The molecule has 1 aliphatic carbocycles. The molecule has 1 aromatic carbocycles. The number of halogens is 1. The number of hydrogen-bond donors (Lipinski definition) is 3. The fourth-order valence-corrected chi connectivity index (χ4v) is 5.07. The van der Waals surface area contributed by atoms with Crippen molar-refractivity contribution in [2.75, 3.05) is 6.54 Å². The number of hydrogen-bond acceptors (Lipinski definition) is 4. The van der Waals surface area contributed by atoms with Gasteiger partial charge in [0.05, 0.1) is 5.54 Å². The lowest BCUT2D eigenvalue weighted by atomic mass is 9.71. The Bertz CT molecular complexity index is 774. The topological polar surface area (TPSA) is 81.7 Å². The Morgan fingerprint density at radius 3 is 2.78 bits per heavy atom. The van der Waals surface area contributed by atoms with Crippen LogP contribution in [0.3, 0.4) is 0 Å². The Morgan fingerprint density at radius 2 is 2.15 bits per heavy atom. The third-order valence-corrected chi connectivity index (χ3v) is 6.66. The smallest absolute Gasteiger partial charge is 0.274 e. The highest BCUT2D eigenvalue weighted by Gasteiger charge is 2.46. The van der Waals surface area contributed by atoms with Crippen molar-refractivity contribution < 1.29 is 19.2 Å². The zero-order valence-electron chi connectivity index (χ0n) is 15.6. The molecule has 4 aliphatic rings. The van der Waals surface area contributed by atoms with Crippen molar-refractivity contribution in [2.45, 2.75) is 63.6 Å². The molecule has 3 N–H and O–H groups in total. The van der Waals surface area contributed by atoms with Gasteiger partial charge in [-0.15, -0.1) is 0 Å². The van der Waals surface area contributed by atoms with Crippen molar-refractivity contribution in [2.24, 2.45) is 5.92 Å². The molecule has 2 bridgehead atoms. The van der Waals surface area contributed by atoms with Crippen LogP contribution in [0.25, 0.3) is 0 Å². The molecule has 1 atom stereocenters. The van der Waals surface area contributed by atoms with Gasteiger partial charge >= 0.3 is 0 Å². The Labute approximate surface area is 158 Å². The first kappa shape index (κ1) is 18.4. The van der Waals surface area contributed by atoms with E-state index in [1.807, 2.05) is 0 Å². The van der Waals surface area contributed by atoms with Crippen molar-refractivity contribution in [1.29, 1.82) is 0 Å². The Hall–Kier alpha value is -1.99. The van der Waals surface area contributed by atoms with Crippen LogP contribution in [-0.2, 0) is 17.8 Å². The molecule has 0 unspecified atom stereocenters. The lowest BCUT2D eigenvalue weighted by molar-refractivity contribution is -0.135. The number of nitrogens with one attached hydrogen (secondary N) is 2. The van der Waals surface area contributed by atoms with Crippen LogP contribution in [0, 0.1) is 11.7 Å². The van der Waals surface area contributed by atoms with Gasteiger partial charge in [0.15, 0.2) is 0 Å². The zero-order valence-corrected chi connectivity index (χ0v) is 15.6. The lowest BCUT2D eigenvalue weighted by Gasteiger charge is -2.50. The summed E-state index contributed by atoms with van der Waals surface area (Å²) in [6.07, 6.45) is 5.36. The van der Waals surface area contributed by atoms with Crippen LogP contribution in [-0.4, -0.2) is 40.0 Å². The fourth-order valence-electron chi connectivity index (χ4n) is 5.07. The summed E-state index contributed by atoms with van der Waals surface area (Å²) in [6, 6.07) is 3.06. The van der Waals surface area contributed by atoms with Crippen molar-refractivity contribution in [3.63, 3.8) is 0 Å². The predicted molar refractivity (Wildman–Crippen MR) is 96.7 cm³/mol. The molecular formula is C20H26FN3O3. The van der Waals surface area contributed by atoms with Crippen molar-refractivity contribution in [1.82, 2.24) is 15.7 Å². The van der Waals surface area contributed by atoms with Crippen LogP contribution in [0.2, 0.25) is 0 Å².